The van der Waals surface area contributed by atoms with Gasteiger partial charge in [-0.3, -0.25) is 19.2 Å². The van der Waals surface area contributed by atoms with Crippen molar-refractivity contribution in [3.63, 3.8) is 0 Å². The molecule has 0 saturated heterocycles. The number of rotatable bonds is 9. The zero-order valence-electron chi connectivity index (χ0n) is 19.0. The molecule has 33 heavy (non-hydrogen) atoms. The van der Waals surface area contributed by atoms with Gasteiger partial charge >= 0.3 is 5.69 Å². The van der Waals surface area contributed by atoms with Crippen molar-refractivity contribution in [2.45, 2.75) is 45.9 Å². The van der Waals surface area contributed by atoms with Crippen LogP contribution in [0.25, 0.3) is 11.2 Å². The fraction of sp³-hybridized carbons (Fsp3) is 0.320. The van der Waals surface area contributed by atoms with E-state index in [4.69, 9.17) is 4.98 Å². The van der Waals surface area contributed by atoms with Crippen LogP contribution in [0.5, 0.6) is 5.75 Å². The smallest absolute Gasteiger partial charge is 0.330 e. The van der Waals surface area contributed by atoms with Crippen molar-refractivity contribution >= 4 is 11.2 Å². The number of aryl methyl sites for hydroxylation is 1. The molecule has 0 amide bonds. The van der Waals surface area contributed by atoms with Crippen LogP contribution in [-0.2, 0) is 26.2 Å². The third kappa shape index (κ3) is 4.90. The number of fused-ring (bicyclic) bond motifs is 1. The molecule has 0 unspecified atom stereocenters. The van der Waals surface area contributed by atoms with Crippen LogP contribution in [0.3, 0.4) is 0 Å². The molecular weight excluding hydrogens is 418 g/mol. The zero-order valence-corrected chi connectivity index (χ0v) is 19.0. The van der Waals surface area contributed by atoms with E-state index in [-0.39, 0.29) is 5.75 Å². The minimum atomic E-state index is -0.467. The fourth-order valence-corrected chi connectivity index (χ4v) is 4.04. The van der Waals surface area contributed by atoms with Crippen LogP contribution < -0.4 is 11.2 Å². The molecule has 0 fully saturated rings. The SMILES string of the molecule is CCCCn1c(CN(C)Cc2ccccc2O)nc2c1c(=O)[nH]c(=O)n2Cc1ccccc1. The number of nitrogens with one attached hydrogen (secondary N) is 1. The van der Waals surface area contributed by atoms with Crippen molar-refractivity contribution in [1.82, 2.24) is 24.0 Å². The van der Waals surface area contributed by atoms with E-state index in [1.165, 1.54) is 4.57 Å². The summed E-state index contributed by atoms with van der Waals surface area (Å²) in [6.07, 6.45) is 1.85. The van der Waals surface area contributed by atoms with Crippen LogP contribution >= 0.6 is 0 Å². The second-order valence-electron chi connectivity index (χ2n) is 8.34. The van der Waals surface area contributed by atoms with E-state index in [0.29, 0.717) is 43.2 Å². The predicted molar refractivity (Wildman–Crippen MR) is 128 cm³/mol. The molecule has 2 aromatic carbocycles. The van der Waals surface area contributed by atoms with Crippen LogP contribution in [0.2, 0.25) is 0 Å². The molecule has 4 aromatic rings. The molecule has 0 bridgehead atoms. The molecule has 0 radical (unpaired) electrons. The van der Waals surface area contributed by atoms with E-state index in [1.54, 1.807) is 12.1 Å². The monoisotopic (exact) mass is 447 g/mol. The molecule has 0 saturated carbocycles. The molecule has 2 N–H and O–H groups in total. The number of aromatic nitrogens is 4. The van der Waals surface area contributed by atoms with Crippen molar-refractivity contribution in [1.29, 1.82) is 0 Å². The van der Waals surface area contributed by atoms with Gasteiger partial charge in [-0.2, -0.15) is 0 Å². The second kappa shape index (κ2) is 9.87. The van der Waals surface area contributed by atoms with E-state index in [2.05, 4.69) is 11.9 Å². The highest BCUT2D eigenvalue weighted by molar-refractivity contribution is 5.71. The molecule has 8 heteroatoms. The topological polar surface area (TPSA) is 96.2 Å². The average Bonchev–Trinajstić information content (AvgIpc) is 3.15. The third-order valence-electron chi connectivity index (χ3n) is 5.73. The zero-order chi connectivity index (χ0) is 23.4. The largest absolute Gasteiger partial charge is 0.508 e. The van der Waals surface area contributed by atoms with Crippen molar-refractivity contribution in [2.75, 3.05) is 7.05 Å². The Morgan fingerprint density at radius 1 is 1.00 bits per heavy atom. The lowest BCUT2D eigenvalue weighted by molar-refractivity contribution is 0.299. The molecule has 0 aliphatic carbocycles. The van der Waals surface area contributed by atoms with Crippen molar-refractivity contribution in [3.8, 4) is 5.75 Å². The van der Waals surface area contributed by atoms with Crippen molar-refractivity contribution < 1.29 is 5.11 Å². The van der Waals surface area contributed by atoms with Crippen molar-refractivity contribution in [3.05, 3.63) is 92.4 Å². The number of imidazole rings is 1. The van der Waals surface area contributed by atoms with E-state index in [0.717, 1.165) is 24.0 Å². The maximum atomic E-state index is 12.8. The van der Waals surface area contributed by atoms with E-state index >= 15 is 0 Å². The van der Waals surface area contributed by atoms with Crippen LogP contribution in [0.4, 0.5) is 0 Å². The number of aromatic hydroxyl groups is 1. The lowest BCUT2D eigenvalue weighted by Crippen LogP contribution is -2.31. The van der Waals surface area contributed by atoms with Gasteiger partial charge in [0.1, 0.15) is 11.6 Å². The van der Waals surface area contributed by atoms with Gasteiger partial charge in [0.25, 0.3) is 5.56 Å². The number of H-pyrrole nitrogens is 1. The Hall–Kier alpha value is -3.65. The molecule has 0 spiro atoms. The first-order valence-corrected chi connectivity index (χ1v) is 11.2. The normalized spacial score (nSPS) is 11.5. The standard InChI is InChI=1S/C25H29N5O3/c1-3-4-14-29-21(17-28(2)16-19-12-8-9-13-20(19)31)26-23-22(29)24(32)27-25(33)30(23)15-18-10-6-5-7-11-18/h5-13,31H,3-4,14-17H2,1-2H3,(H,27,32,33). The Morgan fingerprint density at radius 3 is 2.45 bits per heavy atom. The van der Waals surface area contributed by atoms with Crippen LogP contribution in [0.1, 0.15) is 36.7 Å². The van der Waals surface area contributed by atoms with Gasteiger partial charge in [-0.05, 0) is 25.1 Å². The number of unbranched alkanes of at least 4 members (excludes halogenated alkanes) is 1. The summed E-state index contributed by atoms with van der Waals surface area (Å²) in [5.41, 5.74) is 1.70. The fourth-order valence-electron chi connectivity index (χ4n) is 4.04. The Morgan fingerprint density at radius 2 is 1.73 bits per heavy atom. The highest BCUT2D eigenvalue weighted by atomic mass is 16.3. The highest BCUT2D eigenvalue weighted by Gasteiger charge is 2.20. The molecule has 0 aliphatic heterocycles. The van der Waals surface area contributed by atoms with E-state index < -0.39 is 11.2 Å². The minimum absolute atomic E-state index is 0.247. The quantitative estimate of drug-likeness (QED) is 0.411. The molecule has 0 atom stereocenters. The minimum Gasteiger partial charge on any atom is -0.508 e. The van der Waals surface area contributed by atoms with Gasteiger partial charge in [0.2, 0.25) is 0 Å². The third-order valence-corrected chi connectivity index (χ3v) is 5.73. The average molecular weight is 448 g/mol. The molecule has 2 heterocycles. The van der Waals surface area contributed by atoms with Gasteiger partial charge in [-0.15, -0.1) is 0 Å². The maximum absolute atomic E-state index is 12.8. The van der Waals surface area contributed by atoms with Gasteiger partial charge in [0, 0.05) is 18.7 Å². The number of nitrogens with zero attached hydrogens (tertiary/aromatic N) is 4. The van der Waals surface area contributed by atoms with Crippen LogP contribution in [0, 0.1) is 0 Å². The summed E-state index contributed by atoms with van der Waals surface area (Å²) in [6.45, 7) is 4.05. The first-order chi connectivity index (χ1) is 16.0. The molecule has 8 nitrogen and oxygen atoms in total. The molecular formula is C25H29N5O3. The molecule has 172 valence electrons. The van der Waals surface area contributed by atoms with Gasteiger partial charge in [0.05, 0.1) is 13.1 Å². The summed E-state index contributed by atoms with van der Waals surface area (Å²) >= 11 is 0. The van der Waals surface area contributed by atoms with Gasteiger partial charge in [0.15, 0.2) is 11.2 Å². The Kier molecular flexibility index (Phi) is 6.74. The summed E-state index contributed by atoms with van der Waals surface area (Å²) < 4.78 is 3.46. The predicted octanol–water partition coefficient (Wildman–Crippen LogP) is 3.07. The van der Waals surface area contributed by atoms with Crippen molar-refractivity contribution in [2.24, 2.45) is 0 Å². The highest BCUT2D eigenvalue weighted by Crippen LogP contribution is 2.20. The first-order valence-electron chi connectivity index (χ1n) is 11.2. The second-order valence-corrected chi connectivity index (χ2v) is 8.34. The number of hydrogen-bond acceptors (Lipinski definition) is 5. The summed E-state index contributed by atoms with van der Waals surface area (Å²) in [7, 11) is 1.94. The Bertz CT molecular complexity index is 1350. The van der Waals surface area contributed by atoms with Crippen LogP contribution in [0.15, 0.2) is 64.2 Å². The Labute approximate surface area is 191 Å². The Balaban J connectivity index is 1.76. The number of aromatic amines is 1. The molecule has 4 rings (SSSR count). The molecule has 2 aromatic heterocycles. The van der Waals surface area contributed by atoms with E-state index in [9.17, 15) is 14.7 Å². The molecule has 0 aliphatic rings. The number of hydrogen-bond donors (Lipinski definition) is 2. The number of phenols is 1. The van der Waals surface area contributed by atoms with E-state index in [1.807, 2.05) is 59.0 Å². The number of phenolic OH excluding ortho intramolecular Hbond substituents is 1. The summed E-state index contributed by atoms with van der Waals surface area (Å²) in [5, 5.41) is 10.1. The van der Waals surface area contributed by atoms with Gasteiger partial charge in [-0.25, -0.2) is 9.78 Å². The first kappa shape index (κ1) is 22.5. The summed E-state index contributed by atoms with van der Waals surface area (Å²) in [5.74, 6) is 0.964. The maximum Gasteiger partial charge on any atom is 0.330 e. The lowest BCUT2D eigenvalue weighted by atomic mass is 10.2. The van der Waals surface area contributed by atoms with Gasteiger partial charge in [-0.1, -0.05) is 61.9 Å². The number of benzene rings is 2. The summed E-state index contributed by atoms with van der Waals surface area (Å²) in [4.78, 5) is 34.9. The van der Waals surface area contributed by atoms with Gasteiger partial charge < -0.3 is 9.67 Å². The number of para-hydroxylation sites is 1. The summed E-state index contributed by atoms with van der Waals surface area (Å²) in [6, 6.07) is 16.9. The van der Waals surface area contributed by atoms with Crippen LogP contribution in [-0.4, -0.2) is 36.2 Å². The lowest BCUT2D eigenvalue weighted by Gasteiger charge is -2.18.